The van der Waals surface area contributed by atoms with E-state index in [4.69, 9.17) is 0 Å². The summed E-state index contributed by atoms with van der Waals surface area (Å²) in [5, 5.41) is 5.44. The van der Waals surface area contributed by atoms with Crippen molar-refractivity contribution in [2.45, 2.75) is 50.6 Å². The van der Waals surface area contributed by atoms with Gasteiger partial charge in [-0.15, -0.1) is 0 Å². The first-order valence-corrected chi connectivity index (χ1v) is 7.10. The normalized spacial score (nSPS) is 29.2. The molecule has 0 aliphatic carbocycles. The third-order valence-corrected chi connectivity index (χ3v) is 3.83. The fraction of sp³-hybridized carbons (Fsp3) is 0.846. The quantitative estimate of drug-likeness (QED) is 0.795. The molecule has 0 radical (unpaired) electrons. The van der Waals surface area contributed by atoms with Gasteiger partial charge in [0.05, 0.1) is 12.6 Å². The van der Waals surface area contributed by atoms with Gasteiger partial charge in [0.1, 0.15) is 0 Å². The minimum atomic E-state index is -2.80. The second kappa shape index (κ2) is 6.03. The Bertz CT molecular complexity index is 390. The molecule has 2 fully saturated rings. The molecule has 2 heterocycles. The number of rotatable bonds is 3. The van der Waals surface area contributed by atoms with Crippen molar-refractivity contribution < 1.29 is 18.4 Å². The first kappa shape index (κ1) is 15.2. The molecule has 20 heavy (non-hydrogen) atoms. The average molecular weight is 289 g/mol. The molecule has 114 valence electrons. The van der Waals surface area contributed by atoms with Gasteiger partial charge in [-0.1, -0.05) is 6.92 Å². The fourth-order valence-electron chi connectivity index (χ4n) is 2.74. The molecule has 2 rings (SSSR count). The largest absolute Gasteiger partial charge is 0.352 e. The number of nitrogens with zero attached hydrogens (tertiary/aromatic N) is 1. The molecule has 0 saturated carbocycles. The standard InChI is InChI=1S/C13H21F2N3O2/c1-2-11(19)17-9-4-3-5-18(7-9)12(20)10-6-13(14,15)8-16-10/h9-10,16H,2-8H2,1H3,(H,17,19). The Morgan fingerprint density at radius 2 is 2.20 bits per heavy atom. The molecular weight excluding hydrogens is 268 g/mol. The van der Waals surface area contributed by atoms with Crippen molar-refractivity contribution in [1.29, 1.82) is 0 Å². The lowest BCUT2D eigenvalue weighted by molar-refractivity contribution is -0.136. The summed E-state index contributed by atoms with van der Waals surface area (Å²) in [7, 11) is 0. The van der Waals surface area contributed by atoms with Crippen LogP contribution in [0.25, 0.3) is 0 Å². The number of nitrogens with one attached hydrogen (secondary N) is 2. The Kier molecular flexibility index (Phi) is 4.57. The molecule has 2 aliphatic heterocycles. The van der Waals surface area contributed by atoms with E-state index in [-0.39, 0.29) is 17.9 Å². The number of carbonyl (C=O) groups excluding carboxylic acids is 2. The van der Waals surface area contributed by atoms with E-state index in [0.717, 1.165) is 12.8 Å². The SMILES string of the molecule is CCC(=O)NC1CCCN(C(=O)C2CC(F)(F)CN2)C1. The maximum Gasteiger partial charge on any atom is 0.262 e. The van der Waals surface area contributed by atoms with Crippen molar-refractivity contribution in [3.63, 3.8) is 0 Å². The molecule has 0 bridgehead atoms. The number of hydrogen-bond donors (Lipinski definition) is 2. The van der Waals surface area contributed by atoms with E-state index >= 15 is 0 Å². The predicted octanol–water partition coefficient (Wildman–Crippen LogP) is 0.501. The van der Waals surface area contributed by atoms with Gasteiger partial charge in [-0.25, -0.2) is 8.78 Å². The van der Waals surface area contributed by atoms with Crippen LogP contribution in [0, 0.1) is 0 Å². The average Bonchev–Trinajstić information content (AvgIpc) is 2.78. The highest BCUT2D eigenvalue weighted by molar-refractivity contribution is 5.82. The van der Waals surface area contributed by atoms with Crippen molar-refractivity contribution in [2.75, 3.05) is 19.6 Å². The first-order chi connectivity index (χ1) is 9.41. The van der Waals surface area contributed by atoms with Gasteiger partial charge < -0.3 is 10.2 Å². The highest BCUT2D eigenvalue weighted by Gasteiger charge is 2.44. The zero-order chi connectivity index (χ0) is 14.8. The van der Waals surface area contributed by atoms with E-state index in [1.54, 1.807) is 11.8 Å². The zero-order valence-corrected chi connectivity index (χ0v) is 11.6. The van der Waals surface area contributed by atoms with Gasteiger partial charge in [-0.05, 0) is 12.8 Å². The van der Waals surface area contributed by atoms with Crippen molar-refractivity contribution >= 4 is 11.8 Å². The summed E-state index contributed by atoms with van der Waals surface area (Å²) in [6, 6.07) is -0.868. The summed E-state index contributed by atoms with van der Waals surface area (Å²) in [5.41, 5.74) is 0. The highest BCUT2D eigenvalue weighted by atomic mass is 19.3. The van der Waals surface area contributed by atoms with E-state index in [1.807, 2.05) is 0 Å². The molecule has 2 saturated heterocycles. The lowest BCUT2D eigenvalue weighted by Gasteiger charge is -2.34. The molecule has 2 unspecified atom stereocenters. The van der Waals surface area contributed by atoms with Crippen LogP contribution >= 0.6 is 0 Å². The lowest BCUT2D eigenvalue weighted by atomic mass is 10.0. The molecule has 0 spiro atoms. The minimum Gasteiger partial charge on any atom is -0.352 e. The molecule has 7 heteroatoms. The van der Waals surface area contributed by atoms with E-state index < -0.39 is 24.9 Å². The summed E-state index contributed by atoms with van der Waals surface area (Å²) in [6.07, 6.45) is 1.57. The Balaban J connectivity index is 1.89. The second-order valence-corrected chi connectivity index (χ2v) is 5.54. The molecule has 2 aliphatic rings. The molecule has 2 amide bonds. The summed E-state index contributed by atoms with van der Waals surface area (Å²) in [6.45, 7) is 2.31. The summed E-state index contributed by atoms with van der Waals surface area (Å²) in [5.74, 6) is -3.13. The number of piperidine rings is 1. The van der Waals surface area contributed by atoms with Gasteiger partial charge in [0.2, 0.25) is 11.8 Å². The first-order valence-electron chi connectivity index (χ1n) is 7.10. The van der Waals surface area contributed by atoms with Crippen molar-refractivity contribution in [3.8, 4) is 0 Å². The number of hydrogen-bond acceptors (Lipinski definition) is 3. The highest BCUT2D eigenvalue weighted by Crippen LogP contribution is 2.26. The van der Waals surface area contributed by atoms with E-state index in [2.05, 4.69) is 10.6 Å². The van der Waals surface area contributed by atoms with Crippen LogP contribution in [0.4, 0.5) is 8.78 Å². The molecule has 0 aromatic heterocycles. The van der Waals surface area contributed by atoms with Crippen LogP contribution in [0.1, 0.15) is 32.6 Å². The van der Waals surface area contributed by atoms with Crippen LogP contribution in [0.2, 0.25) is 0 Å². The Labute approximate surface area is 117 Å². The van der Waals surface area contributed by atoms with Gasteiger partial charge in [0, 0.05) is 32.0 Å². The fourth-order valence-corrected chi connectivity index (χ4v) is 2.74. The third-order valence-electron chi connectivity index (χ3n) is 3.83. The molecule has 0 aromatic rings. The number of halogens is 2. The molecule has 2 atom stereocenters. The summed E-state index contributed by atoms with van der Waals surface area (Å²) >= 11 is 0. The number of alkyl halides is 2. The monoisotopic (exact) mass is 289 g/mol. The van der Waals surface area contributed by atoms with Crippen LogP contribution in [0.15, 0.2) is 0 Å². The van der Waals surface area contributed by atoms with Crippen LogP contribution in [0.3, 0.4) is 0 Å². The van der Waals surface area contributed by atoms with Crippen molar-refractivity contribution in [3.05, 3.63) is 0 Å². The topological polar surface area (TPSA) is 61.4 Å². The molecule has 2 N–H and O–H groups in total. The van der Waals surface area contributed by atoms with Crippen LogP contribution < -0.4 is 10.6 Å². The Morgan fingerprint density at radius 1 is 1.45 bits per heavy atom. The maximum atomic E-state index is 13.1. The van der Waals surface area contributed by atoms with Gasteiger partial charge in [-0.2, -0.15) is 0 Å². The van der Waals surface area contributed by atoms with Gasteiger partial charge in [-0.3, -0.25) is 14.9 Å². The molecular formula is C13H21F2N3O2. The Hall–Kier alpha value is -1.24. The van der Waals surface area contributed by atoms with Crippen molar-refractivity contribution in [1.82, 2.24) is 15.5 Å². The third kappa shape index (κ3) is 3.65. The van der Waals surface area contributed by atoms with E-state index in [0.29, 0.717) is 19.5 Å². The lowest BCUT2D eigenvalue weighted by Crippen LogP contribution is -2.53. The second-order valence-electron chi connectivity index (χ2n) is 5.54. The number of carbonyl (C=O) groups is 2. The van der Waals surface area contributed by atoms with Crippen LogP contribution in [0.5, 0.6) is 0 Å². The summed E-state index contributed by atoms with van der Waals surface area (Å²) < 4.78 is 26.3. The molecule has 0 aromatic carbocycles. The van der Waals surface area contributed by atoms with Crippen LogP contribution in [-0.2, 0) is 9.59 Å². The van der Waals surface area contributed by atoms with Crippen LogP contribution in [-0.4, -0.2) is 54.4 Å². The smallest absolute Gasteiger partial charge is 0.262 e. The Morgan fingerprint density at radius 3 is 2.80 bits per heavy atom. The zero-order valence-electron chi connectivity index (χ0n) is 11.6. The molecule has 5 nitrogen and oxygen atoms in total. The predicted molar refractivity (Wildman–Crippen MR) is 69.4 cm³/mol. The van der Waals surface area contributed by atoms with E-state index in [1.165, 1.54) is 0 Å². The summed E-state index contributed by atoms with van der Waals surface area (Å²) in [4.78, 5) is 25.2. The maximum absolute atomic E-state index is 13.1. The minimum absolute atomic E-state index is 0.0465. The number of likely N-dealkylation sites (tertiary alicyclic amines) is 1. The van der Waals surface area contributed by atoms with Gasteiger partial charge >= 0.3 is 0 Å². The number of amides is 2. The van der Waals surface area contributed by atoms with Gasteiger partial charge in [0.15, 0.2) is 0 Å². The van der Waals surface area contributed by atoms with Crippen molar-refractivity contribution in [2.24, 2.45) is 0 Å². The van der Waals surface area contributed by atoms with Gasteiger partial charge in [0.25, 0.3) is 5.92 Å². The van der Waals surface area contributed by atoms with E-state index in [9.17, 15) is 18.4 Å².